The molecular weight excluding hydrogens is 238 g/mol. The van der Waals surface area contributed by atoms with Gasteiger partial charge in [0.15, 0.2) is 0 Å². The standard InChI is InChI=1S/C11H11N3O4/c1-13-7-12-10(14(15)16)11(13)18-9-5-3-8(17-2)4-6-9/h3-7H,1-2H3. The third kappa shape index (κ3) is 2.24. The van der Waals surface area contributed by atoms with Gasteiger partial charge in [0.1, 0.15) is 11.5 Å². The van der Waals surface area contributed by atoms with Crippen molar-refractivity contribution < 1.29 is 14.4 Å². The summed E-state index contributed by atoms with van der Waals surface area (Å²) < 4.78 is 11.9. The molecule has 2 aromatic rings. The summed E-state index contributed by atoms with van der Waals surface area (Å²) in [6, 6.07) is 6.74. The van der Waals surface area contributed by atoms with E-state index in [1.807, 2.05) is 0 Å². The van der Waals surface area contributed by atoms with E-state index in [9.17, 15) is 10.1 Å². The van der Waals surface area contributed by atoms with Crippen LogP contribution >= 0.6 is 0 Å². The molecule has 7 nitrogen and oxygen atoms in total. The number of methoxy groups -OCH3 is 1. The first-order chi connectivity index (χ1) is 8.61. The van der Waals surface area contributed by atoms with Crippen LogP contribution in [0.3, 0.4) is 0 Å². The number of rotatable bonds is 4. The minimum Gasteiger partial charge on any atom is -0.497 e. The molecule has 0 unspecified atom stereocenters. The SMILES string of the molecule is COc1ccc(Oc2c([N+](=O)[O-])ncn2C)cc1. The van der Waals surface area contributed by atoms with Crippen LogP contribution in [-0.4, -0.2) is 21.6 Å². The molecule has 0 atom stereocenters. The molecule has 0 radical (unpaired) electrons. The molecule has 0 saturated carbocycles. The molecular formula is C11H11N3O4. The van der Waals surface area contributed by atoms with Crippen LogP contribution in [0.2, 0.25) is 0 Å². The van der Waals surface area contributed by atoms with Crippen molar-refractivity contribution in [1.29, 1.82) is 0 Å². The molecule has 0 aliphatic rings. The number of nitro groups is 1. The van der Waals surface area contributed by atoms with E-state index >= 15 is 0 Å². The molecule has 2 rings (SSSR count). The van der Waals surface area contributed by atoms with Gasteiger partial charge in [-0.1, -0.05) is 0 Å². The first kappa shape index (κ1) is 11.9. The quantitative estimate of drug-likeness (QED) is 0.612. The maximum atomic E-state index is 10.8. The second-order valence-corrected chi connectivity index (χ2v) is 3.52. The zero-order chi connectivity index (χ0) is 13.1. The number of ether oxygens (including phenoxy) is 2. The largest absolute Gasteiger partial charge is 0.497 e. The Morgan fingerprint density at radius 3 is 2.44 bits per heavy atom. The summed E-state index contributed by atoms with van der Waals surface area (Å²) in [6.07, 6.45) is 1.33. The van der Waals surface area contributed by atoms with Gasteiger partial charge >= 0.3 is 11.7 Å². The van der Waals surface area contributed by atoms with Crippen molar-refractivity contribution in [3.8, 4) is 17.4 Å². The van der Waals surface area contributed by atoms with Crippen LogP contribution < -0.4 is 9.47 Å². The highest BCUT2D eigenvalue weighted by atomic mass is 16.6. The lowest BCUT2D eigenvalue weighted by molar-refractivity contribution is -0.390. The smallest absolute Gasteiger partial charge is 0.427 e. The van der Waals surface area contributed by atoms with Crippen LogP contribution in [0, 0.1) is 10.1 Å². The number of benzene rings is 1. The van der Waals surface area contributed by atoms with E-state index in [1.54, 1.807) is 38.4 Å². The van der Waals surface area contributed by atoms with Crippen molar-refractivity contribution in [1.82, 2.24) is 9.55 Å². The van der Waals surface area contributed by atoms with Crippen molar-refractivity contribution in [2.75, 3.05) is 7.11 Å². The van der Waals surface area contributed by atoms with E-state index in [2.05, 4.69) is 4.98 Å². The molecule has 1 aromatic carbocycles. The normalized spacial score (nSPS) is 10.1. The van der Waals surface area contributed by atoms with E-state index in [0.29, 0.717) is 11.5 Å². The van der Waals surface area contributed by atoms with Gasteiger partial charge in [-0.25, -0.2) is 0 Å². The summed E-state index contributed by atoms with van der Waals surface area (Å²) in [5, 5.41) is 10.8. The number of hydrogen-bond donors (Lipinski definition) is 0. The molecule has 18 heavy (non-hydrogen) atoms. The lowest BCUT2D eigenvalue weighted by Gasteiger charge is -2.06. The number of aryl methyl sites for hydroxylation is 1. The van der Waals surface area contributed by atoms with E-state index in [0.717, 1.165) is 0 Å². The number of aromatic nitrogens is 2. The molecule has 0 fully saturated rings. The van der Waals surface area contributed by atoms with E-state index < -0.39 is 4.92 Å². The molecule has 0 bridgehead atoms. The number of hydrogen-bond acceptors (Lipinski definition) is 5. The topological polar surface area (TPSA) is 79.4 Å². The Morgan fingerprint density at radius 1 is 1.28 bits per heavy atom. The fourth-order valence-corrected chi connectivity index (χ4v) is 1.40. The van der Waals surface area contributed by atoms with Crippen molar-refractivity contribution in [3.05, 3.63) is 40.7 Å². The van der Waals surface area contributed by atoms with Crippen LogP contribution in [0.5, 0.6) is 17.4 Å². The molecule has 0 saturated heterocycles. The monoisotopic (exact) mass is 249 g/mol. The van der Waals surface area contributed by atoms with Gasteiger partial charge in [0.2, 0.25) is 6.33 Å². The van der Waals surface area contributed by atoms with Crippen LogP contribution in [0.1, 0.15) is 0 Å². The molecule has 1 aromatic heterocycles. The third-order valence-corrected chi connectivity index (χ3v) is 2.31. The van der Waals surface area contributed by atoms with E-state index in [-0.39, 0.29) is 11.7 Å². The van der Waals surface area contributed by atoms with Crippen LogP contribution in [-0.2, 0) is 7.05 Å². The summed E-state index contributed by atoms with van der Waals surface area (Å²) >= 11 is 0. The Bertz CT molecular complexity index is 562. The Hall–Kier alpha value is -2.57. The third-order valence-electron chi connectivity index (χ3n) is 2.31. The second kappa shape index (κ2) is 4.74. The summed E-state index contributed by atoms with van der Waals surface area (Å²) in [4.78, 5) is 13.8. The second-order valence-electron chi connectivity index (χ2n) is 3.52. The number of imidazole rings is 1. The Balaban J connectivity index is 2.27. The lowest BCUT2D eigenvalue weighted by atomic mass is 10.3. The van der Waals surface area contributed by atoms with Gasteiger partial charge in [0.05, 0.1) is 7.11 Å². The van der Waals surface area contributed by atoms with Gasteiger partial charge in [0.25, 0.3) is 0 Å². The van der Waals surface area contributed by atoms with Gasteiger partial charge in [0, 0.05) is 7.05 Å². The average molecular weight is 249 g/mol. The molecule has 0 aliphatic carbocycles. The summed E-state index contributed by atoms with van der Waals surface area (Å²) in [5.41, 5.74) is 0. The fourth-order valence-electron chi connectivity index (χ4n) is 1.40. The first-order valence-corrected chi connectivity index (χ1v) is 5.09. The summed E-state index contributed by atoms with van der Waals surface area (Å²) in [6.45, 7) is 0. The summed E-state index contributed by atoms with van der Waals surface area (Å²) in [7, 11) is 3.18. The summed E-state index contributed by atoms with van der Waals surface area (Å²) in [5.74, 6) is 0.933. The fraction of sp³-hybridized carbons (Fsp3) is 0.182. The van der Waals surface area contributed by atoms with Crippen molar-refractivity contribution in [2.45, 2.75) is 0 Å². The Morgan fingerprint density at radius 2 is 1.89 bits per heavy atom. The zero-order valence-corrected chi connectivity index (χ0v) is 9.86. The minimum absolute atomic E-state index is 0.0881. The van der Waals surface area contributed by atoms with Gasteiger partial charge in [-0.15, -0.1) is 0 Å². The maximum absolute atomic E-state index is 10.8. The highest BCUT2D eigenvalue weighted by Gasteiger charge is 2.22. The van der Waals surface area contributed by atoms with Crippen molar-refractivity contribution >= 4 is 5.82 Å². The maximum Gasteiger partial charge on any atom is 0.427 e. The molecule has 94 valence electrons. The molecule has 0 amide bonds. The van der Waals surface area contributed by atoms with Gasteiger partial charge in [-0.3, -0.25) is 4.57 Å². The van der Waals surface area contributed by atoms with Crippen LogP contribution in [0.15, 0.2) is 30.6 Å². The Labute approximate surface area is 103 Å². The predicted molar refractivity (Wildman–Crippen MR) is 62.9 cm³/mol. The van der Waals surface area contributed by atoms with Gasteiger partial charge in [-0.2, -0.15) is 0 Å². The highest BCUT2D eigenvalue weighted by molar-refractivity contribution is 5.39. The average Bonchev–Trinajstić information content (AvgIpc) is 2.72. The predicted octanol–water partition coefficient (Wildman–Crippen LogP) is 2.13. The zero-order valence-electron chi connectivity index (χ0n) is 9.86. The Kier molecular flexibility index (Phi) is 3.13. The van der Waals surface area contributed by atoms with Crippen LogP contribution in [0.25, 0.3) is 0 Å². The van der Waals surface area contributed by atoms with E-state index in [4.69, 9.17) is 9.47 Å². The molecule has 0 spiro atoms. The first-order valence-electron chi connectivity index (χ1n) is 5.09. The van der Waals surface area contributed by atoms with Crippen molar-refractivity contribution in [3.63, 3.8) is 0 Å². The van der Waals surface area contributed by atoms with Gasteiger partial charge < -0.3 is 19.6 Å². The highest BCUT2D eigenvalue weighted by Crippen LogP contribution is 2.30. The molecule has 0 N–H and O–H groups in total. The minimum atomic E-state index is -0.584. The molecule has 0 aliphatic heterocycles. The van der Waals surface area contributed by atoms with Crippen molar-refractivity contribution in [2.24, 2.45) is 7.05 Å². The van der Waals surface area contributed by atoms with Gasteiger partial charge in [-0.05, 0) is 34.2 Å². The lowest BCUT2D eigenvalue weighted by Crippen LogP contribution is -1.96. The van der Waals surface area contributed by atoms with Crippen LogP contribution in [0.4, 0.5) is 5.82 Å². The molecule has 7 heteroatoms. The van der Waals surface area contributed by atoms with E-state index in [1.165, 1.54) is 10.9 Å². The molecule has 1 heterocycles. The number of nitrogens with zero attached hydrogens (tertiary/aromatic N) is 3.